The zero-order valence-electron chi connectivity index (χ0n) is 17.6. The average Bonchev–Trinajstić information content (AvgIpc) is 2.76. The van der Waals surface area contributed by atoms with Crippen molar-refractivity contribution in [3.05, 3.63) is 90.0 Å². The molecule has 2 aromatic carbocycles. The third-order valence-electron chi connectivity index (χ3n) is 4.07. The molecule has 6 nitrogen and oxygen atoms in total. The lowest BCUT2D eigenvalue weighted by molar-refractivity contribution is -0.160. The van der Waals surface area contributed by atoms with Gasteiger partial charge in [0.25, 0.3) is 0 Å². The molecule has 0 fully saturated rings. The van der Waals surface area contributed by atoms with Gasteiger partial charge >= 0.3 is 17.9 Å². The predicted octanol–water partition coefficient (Wildman–Crippen LogP) is 4.61. The molecule has 0 aliphatic heterocycles. The summed E-state index contributed by atoms with van der Waals surface area (Å²) in [6.07, 6.45) is 2.86. The molecule has 0 heterocycles. The molecule has 0 amide bonds. The standard InChI is InChI=1S/C25H24O6/c1-17(2)24(27)29-15-20-7-12-22(13-8-20)21-10-5-19(6-11-21)9-14-23(26)30-16-31-25(28)18(3)4/h5-14H,1,3,15-16H2,2,4H3. The van der Waals surface area contributed by atoms with Crippen LogP contribution in [0.1, 0.15) is 25.0 Å². The molecule has 0 spiro atoms. The number of hydrogen-bond acceptors (Lipinski definition) is 6. The summed E-state index contributed by atoms with van der Waals surface area (Å²) in [7, 11) is 0. The molecule has 2 rings (SSSR count). The van der Waals surface area contributed by atoms with Crippen LogP contribution in [-0.2, 0) is 35.2 Å². The van der Waals surface area contributed by atoms with Gasteiger partial charge in [0.1, 0.15) is 6.61 Å². The molecular formula is C25H24O6. The number of esters is 3. The largest absolute Gasteiger partial charge is 0.457 e. The fraction of sp³-hybridized carbons (Fsp3) is 0.160. The summed E-state index contributed by atoms with van der Waals surface area (Å²) in [5.74, 6) is -1.65. The molecule has 0 N–H and O–H groups in total. The van der Waals surface area contributed by atoms with Gasteiger partial charge in [0.05, 0.1) is 0 Å². The Balaban J connectivity index is 1.88. The van der Waals surface area contributed by atoms with Gasteiger partial charge in [-0.1, -0.05) is 61.7 Å². The second-order valence-corrected chi connectivity index (χ2v) is 6.80. The van der Waals surface area contributed by atoms with Gasteiger partial charge in [-0.05, 0) is 42.2 Å². The van der Waals surface area contributed by atoms with Gasteiger partial charge in [-0.3, -0.25) is 0 Å². The van der Waals surface area contributed by atoms with Crippen molar-refractivity contribution < 1.29 is 28.6 Å². The summed E-state index contributed by atoms with van der Waals surface area (Å²) in [4.78, 5) is 34.3. The molecule has 0 atom stereocenters. The average molecular weight is 420 g/mol. The number of carbonyl (C=O) groups excluding carboxylic acids is 3. The van der Waals surface area contributed by atoms with E-state index in [2.05, 4.69) is 13.2 Å². The third kappa shape index (κ3) is 7.78. The molecule has 31 heavy (non-hydrogen) atoms. The van der Waals surface area contributed by atoms with Crippen LogP contribution < -0.4 is 0 Å². The number of ether oxygens (including phenoxy) is 3. The summed E-state index contributed by atoms with van der Waals surface area (Å²) in [5, 5.41) is 0. The topological polar surface area (TPSA) is 78.9 Å². The molecule has 6 heteroatoms. The van der Waals surface area contributed by atoms with E-state index in [0.717, 1.165) is 22.3 Å². The van der Waals surface area contributed by atoms with Crippen molar-refractivity contribution in [3.63, 3.8) is 0 Å². The molecule has 0 unspecified atom stereocenters. The molecule has 0 radical (unpaired) electrons. The van der Waals surface area contributed by atoms with Crippen LogP contribution in [0.3, 0.4) is 0 Å². The molecule has 160 valence electrons. The lowest BCUT2D eigenvalue weighted by Crippen LogP contribution is -2.11. The number of benzene rings is 2. The molecule has 0 aliphatic carbocycles. The van der Waals surface area contributed by atoms with Gasteiger partial charge in [0, 0.05) is 17.2 Å². The third-order valence-corrected chi connectivity index (χ3v) is 4.07. The van der Waals surface area contributed by atoms with Crippen LogP contribution in [0.25, 0.3) is 17.2 Å². The van der Waals surface area contributed by atoms with Gasteiger partial charge in [0.15, 0.2) is 0 Å². The Hall–Kier alpha value is -3.93. The summed E-state index contributed by atoms with van der Waals surface area (Å²) >= 11 is 0. The highest BCUT2D eigenvalue weighted by atomic mass is 16.7. The Morgan fingerprint density at radius 1 is 0.774 bits per heavy atom. The van der Waals surface area contributed by atoms with Crippen molar-refractivity contribution in [2.75, 3.05) is 6.79 Å². The van der Waals surface area contributed by atoms with Crippen LogP contribution in [-0.4, -0.2) is 24.7 Å². The van der Waals surface area contributed by atoms with Crippen molar-refractivity contribution in [1.29, 1.82) is 0 Å². The Morgan fingerprint density at radius 3 is 1.84 bits per heavy atom. The minimum Gasteiger partial charge on any atom is -0.457 e. The van der Waals surface area contributed by atoms with Gasteiger partial charge in [0.2, 0.25) is 6.79 Å². The zero-order chi connectivity index (χ0) is 22.8. The van der Waals surface area contributed by atoms with Crippen molar-refractivity contribution >= 4 is 24.0 Å². The fourth-order valence-corrected chi connectivity index (χ4v) is 2.33. The van der Waals surface area contributed by atoms with Crippen molar-refractivity contribution in [3.8, 4) is 11.1 Å². The Morgan fingerprint density at radius 2 is 1.29 bits per heavy atom. The first-order valence-corrected chi connectivity index (χ1v) is 9.45. The maximum Gasteiger partial charge on any atom is 0.335 e. The highest BCUT2D eigenvalue weighted by molar-refractivity contribution is 5.88. The van der Waals surface area contributed by atoms with Gasteiger partial charge < -0.3 is 14.2 Å². The van der Waals surface area contributed by atoms with E-state index in [1.165, 1.54) is 13.0 Å². The highest BCUT2D eigenvalue weighted by Crippen LogP contribution is 2.21. The van der Waals surface area contributed by atoms with E-state index in [-0.39, 0.29) is 12.2 Å². The van der Waals surface area contributed by atoms with E-state index >= 15 is 0 Å². The van der Waals surface area contributed by atoms with Crippen molar-refractivity contribution in [2.45, 2.75) is 20.5 Å². The molecule has 0 saturated carbocycles. The number of carbonyl (C=O) groups is 3. The Kier molecular flexibility index (Phi) is 8.52. The Bertz CT molecular complexity index is 997. The SMILES string of the molecule is C=C(C)C(=O)OCOC(=O)C=Cc1ccc(-c2ccc(COC(=O)C(=C)C)cc2)cc1. The van der Waals surface area contributed by atoms with Crippen molar-refractivity contribution in [2.24, 2.45) is 0 Å². The second kappa shape index (κ2) is 11.3. The zero-order valence-corrected chi connectivity index (χ0v) is 17.6. The van der Waals surface area contributed by atoms with E-state index in [1.807, 2.05) is 48.5 Å². The molecular weight excluding hydrogens is 396 g/mol. The maximum atomic E-state index is 11.7. The lowest BCUT2D eigenvalue weighted by Gasteiger charge is -2.07. The molecule has 0 aliphatic rings. The first-order valence-electron chi connectivity index (χ1n) is 9.45. The van der Waals surface area contributed by atoms with E-state index < -0.39 is 24.7 Å². The molecule has 0 bridgehead atoms. The van der Waals surface area contributed by atoms with Gasteiger partial charge in [-0.15, -0.1) is 0 Å². The normalized spacial score (nSPS) is 10.4. The summed E-state index contributed by atoms with van der Waals surface area (Å²) in [6.45, 7) is 9.82. The molecule has 0 aromatic heterocycles. The molecule has 2 aromatic rings. The van der Waals surface area contributed by atoms with Gasteiger partial charge in [-0.25, -0.2) is 14.4 Å². The van der Waals surface area contributed by atoms with Crippen LogP contribution in [0, 0.1) is 0 Å². The number of rotatable bonds is 9. The van der Waals surface area contributed by atoms with Gasteiger partial charge in [-0.2, -0.15) is 0 Å². The molecule has 0 saturated heterocycles. The summed E-state index contributed by atoms with van der Waals surface area (Å²) in [5.41, 5.74) is 4.28. The fourth-order valence-electron chi connectivity index (χ4n) is 2.33. The van der Waals surface area contributed by atoms with Crippen LogP contribution >= 0.6 is 0 Å². The highest BCUT2D eigenvalue weighted by Gasteiger charge is 2.05. The number of hydrogen-bond donors (Lipinski definition) is 0. The maximum absolute atomic E-state index is 11.7. The predicted molar refractivity (Wildman–Crippen MR) is 117 cm³/mol. The van der Waals surface area contributed by atoms with E-state index in [4.69, 9.17) is 14.2 Å². The van der Waals surface area contributed by atoms with Crippen LogP contribution in [0.5, 0.6) is 0 Å². The first-order chi connectivity index (χ1) is 14.8. The van der Waals surface area contributed by atoms with Crippen LogP contribution in [0.4, 0.5) is 0 Å². The van der Waals surface area contributed by atoms with E-state index in [0.29, 0.717) is 5.57 Å². The second-order valence-electron chi connectivity index (χ2n) is 6.80. The summed E-state index contributed by atoms with van der Waals surface area (Å²) < 4.78 is 14.6. The Labute approximate surface area is 181 Å². The van der Waals surface area contributed by atoms with Crippen LogP contribution in [0.2, 0.25) is 0 Å². The quantitative estimate of drug-likeness (QED) is 0.335. The smallest absolute Gasteiger partial charge is 0.335 e. The van der Waals surface area contributed by atoms with E-state index in [1.54, 1.807) is 13.0 Å². The minimum absolute atomic E-state index is 0.193. The minimum atomic E-state index is -0.624. The van der Waals surface area contributed by atoms with Crippen molar-refractivity contribution in [1.82, 2.24) is 0 Å². The first kappa shape index (κ1) is 23.3. The lowest BCUT2D eigenvalue weighted by atomic mass is 10.0. The van der Waals surface area contributed by atoms with Crippen LogP contribution in [0.15, 0.2) is 78.9 Å². The summed E-state index contributed by atoms with van der Waals surface area (Å²) in [6, 6.07) is 15.3. The monoisotopic (exact) mass is 420 g/mol. The van der Waals surface area contributed by atoms with E-state index in [9.17, 15) is 14.4 Å².